The first-order valence-corrected chi connectivity index (χ1v) is 8.29. The predicted molar refractivity (Wildman–Crippen MR) is 92.4 cm³/mol. The monoisotopic (exact) mass is 346 g/mol. The maximum atomic E-state index is 13.2. The number of hydrogen-bond donors (Lipinski definition) is 1. The number of aromatic amines is 1. The fraction of sp³-hybridized carbons (Fsp3) is 0.353. The van der Waals surface area contributed by atoms with Crippen LogP contribution in [0.5, 0.6) is 0 Å². The number of likely N-dealkylation sites (tertiary alicyclic amines) is 1. The van der Waals surface area contributed by atoms with Gasteiger partial charge in [-0.1, -0.05) is 12.1 Å². The number of halogens is 1. The third-order valence-electron chi connectivity index (χ3n) is 4.28. The van der Waals surface area contributed by atoms with Crippen LogP contribution in [0, 0.1) is 10.6 Å². The number of aromatic nitrogens is 3. The van der Waals surface area contributed by atoms with E-state index in [9.17, 15) is 9.18 Å². The van der Waals surface area contributed by atoms with Gasteiger partial charge in [-0.3, -0.25) is 9.89 Å². The van der Waals surface area contributed by atoms with Crippen molar-refractivity contribution in [2.24, 2.45) is 7.05 Å². The molecule has 1 fully saturated rings. The first kappa shape index (κ1) is 16.6. The highest BCUT2D eigenvalue weighted by molar-refractivity contribution is 7.71. The first-order chi connectivity index (χ1) is 11.5. The molecule has 7 heteroatoms. The van der Waals surface area contributed by atoms with Gasteiger partial charge in [0.25, 0.3) is 0 Å². The topological polar surface area (TPSA) is 53.9 Å². The molecular formula is C17H19FN4OS. The van der Waals surface area contributed by atoms with E-state index in [1.807, 2.05) is 16.5 Å². The van der Waals surface area contributed by atoms with Crippen LogP contribution >= 0.6 is 12.2 Å². The second kappa shape index (κ2) is 7.09. The Balaban J connectivity index is 1.69. The van der Waals surface area contributed by atoms with Crippen LogP contribution in [-0.2, 0) is 11.8 Å². The summed E-state index contributed by atoms with van der Waals surface area (Å²) >= 11 is 5.15. The van der Waals surface area contributed by atoms with E-state index >= 15 is 0 Å². The molecule has 1 aromatic heterocycles. The Morgan fingerprint density at radius 1 is 1.50 bits per heavy atom. The molecule has 1 aliphatic rings. The van der Waals surface area contributed by atoms with Crippen LogP contribution in [0.4, 0.5) is 4.39 Å². The maximum absolute atomic E-state index is 13.2. The number of carbonyl (C=O) groups excluding carboxylic acids is 1. The molecule has 0 bridgehead atoms. The normalized spacial score (nSPS) is 18.2. The lowest BCUT2D eigenvalue weighted by Gasteiger charge is -2.31. The minimum Gasteiger partial charge on any atom is -0.338 e. The van der Waals surface area contributed by atoms with Gasteiger partial charge < -0.3 is 9.47 Å². The molecule has 5 nitrogen and oxygen atoms in total. The Bertz CT molecular complexity index is 826. The molecule has 1 unspecified atom stereocenters. The van der Waals surface area contributed by atoms with Crippen LogP contribution in [0.3, 0.4) is 0 Å². The van der Waals surface area contributed by atoms with Crippen molar-refractivity contribution in [2.45, 2.75) is 18.8 Å². The summed E-state index contributed by atoms with van der Waals surface area (Å²) in [6.45, 7) is 1.33. The largest absolute Gasteiger partial charge is 0.338 e. The highest BCUT2D eigenvalue weighted by Gasteiger charge is 2.26. The van der Waals surface area contributed by atoms with Crippen LogP contribution < -0.4 is 0 Å². The maximum Gasteiger partial charge on any atom is 0.246 e. The number of piperidine rings is 1. The van der Waals surface area contributed by atoms with Crippen molar-refractivity contribution in [1.29, 1.82) is 0 Å². The Labute approximate surface area is 144 Å². The summed E-state index contributed by atoms with van der Waals surface area (Å²) in [5, 5.41) is 7.08. The van der Waals surface area contributed by atoms with E-state index in [-0.39, 0.29) is 17.6 Å². The molecule has 0 spiro atoms. The minimum absolute atomic E-state index is 0.0688. The van der Waals surface area contributed by atoms with Gasteiger partial charge in [0.2, 0.25) is 5.91 Å². The van der Waals surface area contributed by atoms with Gasteiger partial charge in [0.1, 0.15) is 11.6 Å². The molecule has 2 aromatic rings. The van der Waals surface area contributed by atoms with Gasteiger partial charge in [-0.25, -0.2) is 4.39 Å². The number of nitrogens with one attached hydrogen (secondary N) is 1. The van der Waals surface area contributed by atoms with E-state index in [1.54, 1.807) is 18.2 Å². The van der Waals surface area contributed by atoms with E-state index in [1.165, 1.54) is 18.2 Å². The Hall–Kier alpha value is -2.28. The molecule has 126 valence electrons. The molecule has 1 aromatic carbocycles. The van der Waals surface area contributed by atoms with Crippen molar-refractivity contribution in [1.82, 2.24) is 19.7 Å². The minimum atomic E-state index is -0.312. The summed E-state index contributed by atoms with van der Waals surface area (Å²) in [7, 11) is 1.88. The van der Waals surface area contributed by atoms with Crippen LogP contribution in [0.25, 0.3) is 6.08 Å². The summed E-state index contributed by atoms with van der Waals surface area (Å²) in [4.78, 5) is 14.2. The molecule has 1 saturated heterocycles. The number of amides is 1. The first-order valence-electron chi connectivity index (χ1n) is 7.88. The van der Waals surface area contributed by atoms with Crippen molar-refractivity contribution >= 4 is 24.2 Å². The Kier molecular flexibility index (Phi) is 4.89. The summed E-state index contributed by atoms with van der Waals surface area (Å²) in [5.74, 6) is 0.670. The molecule has 1 aliphatic heterocycles. The molecule has 1 atom stereocenters. The molecule has 24 heavy (non-hydrogen) atoms. The van der Waals surface area contributed by atoms with Crippen molar-refractivity contribution in [3.8, 4) is 0 Å². The van der Waals surface area contributed by atoms with Crippen LogP contribution in [0.15, 0.2) is 30.3 Å². The van der Waals surface area contributed by atoms with Crippen molar-refractivity contribution in [3.05, 3.63) is 52.3 Å². The van der Waals surface area contributed by atoms with Gasteiger partial charge in [-0.2, -0.15) is 5.10 Å². The third-order valence-corrected chi connectivity index (χ3v) is 4.64. The smallest absolute Gasteiger partial charge is 0.246 e. The lowest BCUT2D eigenvalue weighted by Crippen LogP contribution is -2.38. The zero-order valence-electron chi connectivity index (χ0n) is 13.4. The van der Waals surface area contributed by atoms with Crippen molar-refractivity contribution in [2.75, 3.05) is 13.1 Å². The van der Waals surface area contributed by atoms with Gasteiger partial charge in [0.15, 0.2) is 4.77 Å². The second-order valence-electron chi connectivity index (χ2n) is 5.96. The zero-order valence-corrected chi connectivity index (χ0v) is 14.2. The van der Waals surface area contributed by atoms with E-state index < -0.39 is 0 Å². The van der Waals surface area contributed by atoms with Gasteiger partial charge >= 0.3 is 0 Å². The van der Waals surface area contributed by atoms with Crippen LogP contribution in [0.2, 0.25) is 0 Å². The van der Waals surface area contributed by atoms with Crippen molar-refractivity contribution < 1.29 is 9.18 Å². The SMILES string of the molecule is Cn1c(C2CCCN(C(=O)C=Cc3cccc(F)c3)C2)n[nH]c1=S. The second-order valence-corrected chi connectivity index (χ2v) is 6.34. The Morgan fingerprint density at radius 3 is 3.04 bits per heavy atom. The van der Waals surface area contributed by atoms with Gasteiger partial charge in [0.05, 0.1) is 0 Å². The number of carbonyl (C=O) groups is 1. The lowest BCUT2D eigenvalue weighted by molar-refractivity contribution is -0.127. The molecule has 0 saturated carbocycles. The fourth-order valence-electron chi connectivity index (χ4n) is 3.00. The molecule has 2 heterocycles. The van der Waals surface area contributed by atoms with Crippen LogP contribution in [0.1, 0.15) is 30.1 Å². The number of hydrogen-bond acceptors (Lipinski definition) is 3. The highest BCUT2D eigenvalue weighted by Crippen LogP contribution is 2.25. The van der Waals surface area contributed by atoms with Gasteiger partial charge in [0, 0.05) is 32.1 Å². The van der Waals surface area contributed by atoms with Crippen LogP contribution in [-0.4, -0.2) is 38.7 Å². The van der Waals surface area contributed by atoms with E-state index in [4.69, 9.17) is 12.2 Å². The molecule has 3 rings (SSSR count). The zero-order chi connectivity index (χ0) is 17.1. The van der Waals surface area contributed by atoms with Gasteiger partial charge in [-0.05, 0) is 48.8 Å². The summed E-state index contributed by atoms with van der Waals surface area (Å²) < 4.78 is 15.6. The number of benzene rings is 1. The fourth-order valence-corrected chi connectivity index (χ4v) is 3.13. The number of H-pyrrole nitrogens is 1. The lowest BCUT2D eigenvalue weighted by atomic mass is 9.97. The highest BCUT2D eigenvalue weighted by atomic mass is 32.1. The van der Waals surface area contributed by atoms with E-state index in [0.29, 0.717) is 16.9 Å². The third kappa shape index (κ3) is 3.62. The summed E-state index contributed by atoms with van der Waals surface area (Å²) in [5.41, 5.74) is 0.673. The molecule has 1 amide bonds. The number of rotatable bonds is 3. The van der Waals surface area contributed by atoms with E-state index in [2.05, 4.69) is 10.2 Å². The van der Waals surface area contributed by atoms with Gasteiger partial charge in [-0.15, -0.1) is 0 Å². The average Bonchev–Trinajstić information content (AvgIpc) is 2.92. The molecule has 0 aliphatic carbocycles. The standard InChI is InChI=1S/C17H19FN4OS/c1-21-16(19-20-17(21)24)13-5-3-9-22(11-13)15(23)8-7-12-4-2-6-14(18)10-12/h2,4,6-8,10,13H,3,5,9,11H2,1H3,(H,20,24). The van der Waals surface area contributed by atoms with Crippen molar-refractivity contribution in [3.63, 3.8) is 0 Å². The summed E-state index contributed by atoms with van der Waals surface area (Å²) in [6.07, 6.45) is 5.04. The molecular weight excluding hydrogens is 327 g/mol. The van der Waals surface area contributed by atoms with E-state index in [0.717, 1.165) is 25.2 Å². The predicted octanol–water partition coefficient (Wildman–Crippen LogP) is 3.04. The quantitative estimate of drug-likeness (QED) is 0.686. The number of nitrogens with zero attached hydrogens (tertiary/aromatic N) is 3. The molecule has 1 N–H and O–H groups in total. The average molecular weight is 346 g/mol. The Morgan fingerprint density at radius 2 is 2.33 bits per heavy atom. The molecule has 0 radical (unpaired) electrons. The summed E-state index contributed by atoms with van der Waals surface area (Å²) in [6, 6.07) is 6.17.